The predicted octanol–water partition coefficient (Wildman–Crippen LogP) is 6.26. The molecule has 1 atom stereocenters. The first-order valence-electron chi connectivity index (χ1n) is 14.3. The van der Waals surface area contributed by atoms with Gasteiger partial charge in [-0.2, -0.15) is 0 Å². The van der Waals surface area contributed by atoms with E-state index in [1.54, 1.807) is 0 Å². The molecule has 6 heteroatoms. The van der Waals surface area contributed by atoms with E-state index in [-0.39, 0.29) is 63.9 Å². The molecule has 34 heavy (non-hydrogen) atoms. The van der Waals surface area contributed by atoms with E-state index < -0.39 is 10.4 Å². The number of hydrogen-bond acceptors (Lipinski definition) is 4. The van der Waals surface area contributed by atoms with E-state index in [2.05, 4.69) is 30.2 Å². The molecule has 0 saturated carbocycles. The molecule has 0 aromatic rings. The summed E-state index contributed by atoms with van der Waals surface area (Å²) in [4.78, 5) is 0. The van der Waals surface area contributed by atoms with Crippen LogP contribution in [-0.2, 0) is 14.6 Å². The molecule has 0 aromatic heterocycles. The van der Waals surface area contributed by atoms with Gasteiger partial charge in [-0.25, -0.2) is 8.42 Å². The summed E-state index contributed by atoms with van der Waals surface area (Å²) in [5, 5.41) is 0. The van der Waals surface area contributed by atoms with E-state index in [9.17, 15) is 13.0 Å². The van der Waals surface area contributed by atoms with Gasteiger partial charge in [0.2, 0.25) is 10.4 Å². The molecule has 0 heterocycles. The largest absolute Gasteiger partial charge is 1.00 e. The zero-order valence-corrected chi connectivity index (χ0v) is 27.0. The van der Waals surface area contributed by atoms with Crippen LogP contribution in [0.2, 0.25) is 0 Å². The molecule has 0 aromatic carbocycles. The van der Waals surface area contributed by atoms with Crippen LogP contribution in [0.15, 0.2) is 12.2 Å². The van der Waals surface area contributed by atoms with Gasteiger partial charge < -0.3 is 4.55 Å². The maximum absolute atomic E-state index is 10.8. The molecule has 0 aliphatic carbocycles. The fourth-order valence-corrected chi connectivity index (χ4v) is 4.68. The number of hydrogen-bond donors (Lipinski definition) is 0. The van der Waals surface area contributed by atoms with Crippen LogP contribution >= 0.6 is 0 Å². The summed E-state index contributed by atoms with van der Waals surface area (Å²) in [6, 6.07) is 0. The summed E-state index contributed by atoms with van der Waals surface area (Å²) in [6.45, 7) is 4.46. The van der Waals surface area contributed by atoms with Gasteiger partial charge in [0.1, 0.15) is 0 Å². The van der Waals surface area contributed by atoms with Crippen LogP contribution in [-0.4, -0.2) is 19.6 Å². The van der Waals surface area contributed by atoms with Crippen molar-refractivity contribution >= 4 is 10.4 Å². The van der Waals surface area contributed by atoms with Gasteiger partial charge in [-0.05, 0) is 19.3 Å². The second-order valence-electron chi connectivity index (χ2n) is 9.82. The van der Waals surface area contributed by atoms with Crippen LogP contribution in [0, 0.1) is 5.92 Å². The summed E-state index contributed by atoms with van der Waals surface area (Å²) in [7, 11) is -4.61. The van der Waals surface area contributed by atoms with Crippen LogP contribution in [0.3, 0.4) is 0 Å². The van der Waals surface area contributed by atoms with Gasteiger partial charge in [0.05, 0.1) is 6.61 Å². The molecule has 0 radical (unpaired) electrons. The number of unbranched alkanes of at least 4 members (excludes halogenated alkanes) is 19. The van der Waals surface area contributed by atoms with E-state index in [1.165, 1.54) is 116 Å². The Morgan fingerprint density at radius 3 is 1.44 bits per heavy atom. The zero-order valence-electron chi connectivity index (χ0n) is 23.0. The molecule has 1 unspecified atom stereocenters. The van der Waals surface area contributed by atoms with Crippen LogP contribution in [0.5, 0.6) is 0 Å². The third kappa shape index (κ3) is 31.3. The Morgan fingerprint density at radius 1 is 0.647 bits per heavy atom. The SMILES string of the molecule is CCCCCCCCCCCCCCCC/C=C/C(CCCCCCCC)COS(=O)(=O)[O-].[K+]. The van der Waals surface area contributed by atoms with Gasteiger partial charge in [-0.15, -0.1) is 0 Å². The third-order valence-electron chi connectivity index (χ3n) is 6.49. The van der Waals surface area contributed by atoms with Gasteiger partial charge in [-0.1, -0.05) is 148 Å². The molecule has 0 rings (SSSR count). The van der Waals surface area contributed by atoms with Gasteiger partial charge in [0.25, 0.3) is 0 Å². The monoisotopic (exact) mass is 526 g/mol. The molecule has 0 spiro atoms. The first kappa shape index (κ1) is 37.4. The smallest absolute Gasteiger partial charge is 0.726 e. The average molecular weight is 527 g/mol. The predicted molar refractivity (Wildman–Crippen MR) is 141 cm³/mol. The Morgan fingerprint density at radius 2 is 1.03 bits per heavy atom. The summed E-state index contributed by atoms with van der Waals surface area (Å²) in [5.74, 6) is 0.0199. The fraction of sp³-hybridized carbons (Fsp3) is 0.929. The minimum Gasteiger partial charge on any atom is -0.726 e. The Labute approximate surface area is 256 Å². The summed E-state index contributed by atoms with van der Waals surface area (Å²) < 4.78 is 36.9. The summed E-state index contributed by atoms with van der Waals surface area (Å²) >= 11 is 0. The topological polar surface area (TPSA) is 66.4 Å². The Bertz CT molecular complexity index is 522. The Balaban J connectivity index is 0. The second-order valence-corrected chi connectivity index (χ2v) is 10.9. The van der Waals surface area contributed by atoms with Crippen LogP contribution in [0.25, 0.3) is 0 Å². The van der Waals surface area contributed by atoms with Crippen molar-refractivity contribution in [3.8, 4) is 0 Å². The molecular formula is C28H55KO4S. The van der Waals surface area contributed by atoms with Crippen molar-refractivity contribution in [3.05, 3.63) is 12.2 Å². The summed E-state index contributed by atoms with van der Waals surface area (Å²) in [6.07, 6.45) is 32.4. The normalized spacial score (nSPS) is 12.8. The number of allylic oxidation sites excluding steroid dienone is 1. The van der Waals surface area contributed by atoms with E-state index in [4.69, 9.17) is 0 Å². The van der Waals surface area contributed by atoms with Crippen LogP contribution in [0.1, 0.15) is 155 Å². The minimum absolute atomic E-state index is 0. The van der Waals surface area contributed by atoms with E-state index in [1.807, 2.05) is 0 Å². The van der Waals surface area contributed by atoms with Crippen molar-refractivity contribution in [2.45, 2.75) is 155 Å². The molecule has 0 amide bonds. The summed E-state index contributed by atoms with van der Waals surface area (Å²) in [5.41, 5.74) is 0. The molecule has 0 aliphatic heterocycles. The van der Waals surface area contributed by atoms with Gasteiger partial charge in [-0.3, -0.25) is 4.18 Å². The molecule has 4 nitrogen and oxygen atoms in total. The molecule has 0 saturated heterocycles. The van der Waals surface area contributed by atoms with Crippen molar-refractivity contribution in [1.29, 1.82) is 0 Å². The van der Waals surface area contributed by atoms with Crippen molar-refractivity contribution in [2.24, 2.45) is 5.92 Å². The molecule has 0 bridgehead atoms. The average Bonchev–Trinajstić information content (AvgIpc) is 2.78. The van der Waals surface area contributed by atoms with Crippen molar-refractivity contribution in [1.82, 2.24) is 0 Å². The molecule has 0 fully saturated rings. The third-order valence-corrected chi connectivity index (χ3v) is 6.91. The van der Waals surface area contributed by atoms with Gasteiger partial charge in [0.15, 0.2) is 0 Å². The van der Waals surface area contributed by atoms with E-state index >= 15 is 0 Å². The zero-order chi connectivity index (χ0) is 24.5. The van der Waals surface area contributed by atoms with Crippen molar-refractivity contribution in [2.75, 3.05) is 6.61 Å². The maximum Gasteiger partial charge on any atom is 1.00 e. The Kier molecular flexibility index (Phi) is 31.7. The quantitative estimate of drug-likeness (QED) is 0.0438. The Hall–Kier alpha value is 1.25. The molecule has 0 N–H and O–H groups in total. The number of rotatable bonds is 26. The first-order chi connectivity index (χ1) is 16.0. The van der Waals surface area contributed by atoms with Gasteiger partial charge >= 0.3 is 51.4 Å². The minimum atomic E-state index is -4.61. The maximum atomic E-state index is 10.8. The molecule has 0 aliphatic rings. The fourth-order valence-electron chi connectivity index (χ4n) is 4.34. The van der Waals surface area contributed by atoms with Crippen LogP contribution in [0.4, 0.5) is 0 Å². The van der Waals surface area contributed by atoms with Crippen molar-refractivity contribution in [3.63, 3.8) is 0 Å². The van der Waals surface area contributed by atoms with Crippen molar-refractivity contribution < 1.29 is 68.5 Å². The molecule has 198 valence electrons. The standard InChI is InChI=1S/C28H56O4S.K/c1-3-5-7-9-11-12-13-14-15-16-17-18-19-20-22-24-26-28(27-32-33(29,30)31)25-23-21-10-8-6-4-2;/h24,26,28H,3-23,25,27H2,1-2H3,(H,29,30,31);/q;+1/p-1/b26-24+;. The second kappa shape index (κ2) is 28.8. The van der Waals surface area contributed by atoms with Crippen LogP contribution < -0.4 is 51.4 Å². The van der Waals surface area contributed by atoms with E-state index in [0.717, 1.165) is 25.7 Å². The first-order valence-corrected chi connectivity index (χ1v) is 15.6. The van der Waals surface area contributed by atoms with E-state index in [0.29, 0.717) is 0 Å². The molecular weight excluding hydrogens is 471 g/mol. The van der Waals surface area contributed by atoms with Gasteiger partial charge in [0, 0.05) is 5.92 Å².